The number of sulfonamides is 1. The maximum atomic E-state index is 13.4. The van der Waals surface area contributed by atoms with Crippen LogP contribution in [0.1, 0.15) is 46.5 Å². The van der Waals surface area contributed by atoms with Crippen molar-refractivity contribution in [3.05, 3.63) is 54.6 Å². The third-order valence-corrected chi connectivity index (χ3v) is 7.89. The SMILES string of the molecule is COc1ccc(S(=O)(=O)N(CC(=O)NN=C2CCC(C(C)(C)C)CC2)c2ccccc2)cc1. The summed E-state index contributed by atoms with van der Waals surface area (Å²) in [6.45, 7) is 6.38. The number of nitrogens with one attached hydrogen (secondary N) is 1. The van der Waals surface area contributed by atoms with Crippen molar-refractivity contribution >= 4 is 27.3 Å². The quantitative estimate of drug-likeness (QED) is 0.598. The molecular weight excluding hydrogens is 438 g/mol. The van der Waals surface area contributed by atoms with Crippen LogP contribution >= 0.6 is 0 Å². The highest BCUT2D eigenvalue weighted by Crippen LogP contribution is 2.36. The number of anilines is 1. The van der Waals surface area contributed by atoms with Gasteiger partial charge in [-0.3, -0.25) is 9.10 Å². The van der Waals surface area contributed by atoms with Crippen LogP contribution in [0.5, 0.6) is 5.75 Å². The second kappa shape index (κ2) is 10.4. The minimum Gasteiger partial charge on any atom is -0.497 e. The minimum atomic E-state index is -3.97. The van der Waals surface area contributed by atoms with Crippen molar-refractivity contribution in [3.63, 3.8) is 0 Å². The number of carbonyl (C=O) groups excluding carboxylic acids is 1. The fraction of sp³-hybridized carbons (Fsp3) is 0.440. The Kier molecular flexibility index (Phi) is 7.79. The van der Waals surface area contributed by atoms with E-state index >= 15 is 0 Å². The lowest BCUT2D eigenvalue weighted by Gasteiger charge is -2.34. The van der Waals surface area contributed by atoms with E-state index < -0.39 is 15.9 Å². The molecule has 2 aromatic carbocycles. The number of hydrazone groups is 1. The summed E-state index contributed by atoms with van der Waals surface area (Å²) in [7, 11) is -2.46. The standard InChI is InChI=1S/C25H33N3O4S/c1-25(2,3)19-10-12-20(13-11-19)26-27-24(29)18-28(21-8-6-5-7-9-21)33(30,31)23-16-14-22(32-4)15-17-23/h5-9,14-17,19H,10-13,18H2,1-4H3,(H,27,29). The van der Waals surface area contributed by atoms with Crippen LogP contribution in [0.3, 0.4) is 0 Å². The normalized spacial score (nSPS) is 16.7. The van der Waals surface area contributed by atoms with Crippen molar-refractivity contribution in [2.24, 2.45) is 16.4 Å². The van der Waals surface area contributed by atoms with E-state index in [-0.39, 0.29) is 16.9 Å². The molecule has 1 N–H and O–H groups in total. The number of methoxy groups -OCH3 is 1. The van der Waals surface area contributed by atoms with E-state index in [4.69, 9.17) is 4.74 Å². The number of benzene rings is 2. The van der Waals surface area contributed by atoms with E-state index in [0.717, 1.165) is 35.7 Å². The lowest BCUT2D eigenvalue weighted by atomic mass is 9.72. The first kappa shape index (κ1) is 24.8. The van der Waals surface area contributed by atoms with Crippen molar-refractivity contribution in [3.8, 4) is 5.75 Å². The van der Waals surface area contributed by atoms with Gasteiger partial charge in [0, 0.05) is 5.71 Å². The van der Waals surface area contributed by atoms with Crippen LogP contribution in [-0.4, -0.2) is 33.7 Å². The Balaban J connectivity index is 1.74. The topological polar surface area (TPSA) is 88.1 Å². The minimum absolute atomic E-state index is 0.0757. The Morgan fingerprint density at radius 3 is 2.21 bits per heavy atom. The first-order valence-corrected chi connectivity index (χ1v) is 12.6. The second-order valence-electron chi connectivity index (χ2n) is 9.38. The summed E-state index contributed by atoms with van der Waals surface area (Å²) < 4.78 is 33.0. The average molecular weight is 472 g/mol. The second-order valence-corrected chi connectivity index (χ2v) is 11.2. The fourth-order valence-electron chi connectivity index (χ4n) is 4.02. The Morgan fingerprint density at radius 2 is 1.67 bits per heavy atom. The first-order chi connectivity index (χ1) is 15.6. The monoisotopic (exact) mass is 471 g/mol. The van der Waals surface area contributed by atoms with Gasteiger partial charge in [-0.1, -0.05) is 39.0 Å². The van der Waals surface area contributed by atoms with Gasteiger partial charge in [-0.05, 0) is 73.4 Å². The van der Waals surface area contributed by atoms with Gasteiger partial charge in [0.05, 0.1) is 17.7 Å². The smallest absolute Gasteiger partial charge is 0.264 e. The lowest BCUT2D eigenvalue weighted by molar-refractivity contribution is -0.119. The van der Waals surface area contributed by atoms with Crippen molar-refractivity contribution in [2.45, 2.75) is 51.3 Å². The largest absolute Gasteiger partial charge is 0.497 e. The molecule has 7 nitrogen and oxygen atoms in total. The van der Waals surface area contributed by atoms with E-state index in [0.29, 0.717) is 17.4 Å². The molecule has 0 aromatic heterocycles. The highest BCUT2D eigenvalue weighted by atomic mass is 32.2. The van der Waals surface area contributed by atoms with Crippen molar-refractivity contribution < 1.29 is 17.9 Å². The van der Waals surface area contributed by atoms with Gasteiger partial charge in [-0.25, -0.2) is 13.8 Å². The predicted octanol–water partition coefficient (Wildman–Crippen LogP) is 4.60. The average Bonchev–Trinajstić information content (AvgIpc) is 2.81. The third-order valence-electron chi connectivity index (χ3n) is 6.11. The molecule has 0 saturated heterocycles. The number of nitrogens with zero attached hydrogens (tertiary/aromatic N) is 2. The molecule has 0 unspecified atom stereocenters. The molecule has 1 aliphatic carbocycles. The van der Waals surface area contributed by atoms with Crippen molar-refractivity contribution in [1.82, 2.24) is 5.43 Å². The Hall–Kier alpha value is -2.87. The van der Waals surface area contributed by atoms with Gasteiger partial charge in [0.25, 0.3) is 15.9 Å². The summed E-state index contributed by atoms with van der Waals surface area (Å²) in [6, 6.07) is 14.7. The Labute approximate surface area is 196 Å². The molecule has 0 aliphatic heterocycles. The zero-order valence-corrected chi connectivity index (χ0v) is 20.6. The first-order valence-electron chi connectivity index (χ1n) is 11.2. The molecule has 0 atom stereocenters. The third kappa shape index (κ3) is 6.35. The van der Waals surface area contributed by atoms with E-state index in [1.807, 2.05) is 0 Å². The number of hydrogen-bond acceptors (Lipinski definition) is 5. The van der Waals surface area contributed by atoms with Gasteiger partial charge in [0.2, 0.25) is 0 Å². The highest BCUT2D eigenvalue weighted by molar-refractivity contribution is 7.92. The van der Waals surface area contributed by atoms with Crippen LogP contribution in [0.2, 0.25) is 0 Å². The van der Waals surface area contributed by atoms with E-state index in [9.17, 15) is 13.2 Å². The van der Waals surface area contributed by atoms with Gasteiger partial charge >= 0.3 is 0 Å². The molecule has 1 amide bonds. The van der Waals surface area contributed by atoms with Crippen LogP contribution in [0.4, 0.5) is 5.69 Å². The number of para-hydroxylation sites is 1. The van der Waals surface area contributed by atoms with Crippen LogP contribution in [0, 0.1) is 11.3 Å². The Morgan fingerprint density at radius 1 is 1.06 bits per heavy atom. The van der Waals surface area contributed by atoms with E-state index in [1.165, 1.54) is 19.2 Å². The summed E-state index contributed by atoms with van der Waals surface area (Å²) in [5.74, 6) is 0.701. The maximum Gasteiger partial charge on any atom is 0.264 e. The number of hydrogen-bond donors (Lipinski definition) is 1. The van der Waals surface area contributed by atoms with Crippen LogP contribution < -0.4 is 14.5 Å². The molecule has 0 spiro atoms. The summed E-state index contributed by atoms with van der Waals surface area (Å²) in [4.78, 5) is 12.8. The van der Waals surface area contributed by atoms with Crippen LogP contribution in [0.25, 0.3) is 0 Å². The molecule has 0 radical (unpaired) electrons. The molecule has 3 rings (SSSR count). The maximum absolute atomic E-state index is 13.4. The number of ether oxygens (including phenoxy) is 1. The molecule has 8 heteroatoms. The zero-order valence-electron chi connectivity index (χ0n) is 19.7. The van der Waals surface area contributed by atoms with Gasteiger partial charge in [0.15, 0.2) is 0 Å². The summed E-state index contributed by atoms with van der Waals surface area (Å²) >= 11 is 0. The van der Waals surface area contributed by atoms with Crippen molar-refractivity contribution in [1.29, 1.82) is 0 Å². The summed E-state index contributed by atoms with van der Waals surface area (Å²) in [6.07, 6.45) is 3.77. The molecule has 33 heavy (non-hydrogen) atoms. The molecule has 1 fully saturated rings. The molecule has 178 valence electrons. The van der Waals surface area contributed by atoms with Gasteiger partial charge in [-0.2, -0.15) is 5.10 Å². The van der Waals surface area contributed by atoms with Gasteiger partial charge in [-0.15, -0.1) is 0 Å². The molecule has 0 bridgehead atoms. The van der Waals surface area contributed by atoms with Crippen LogP contribution in [0.15, 0.2) is 64.6 Å². The highest BCUT2D eigenvalue weighted by Gasteiger charge is 2.29. The lowest BCUT2D eigenvalue weighted by Crippen LogP contribution is -2.40. The summed E-state index contributed by atoms with van der Waals surface area (Å²) in [5, 5.41) is 4.30. The van der Waals surface area contributed by atoms with E-state index in [2.05, 4.69) is 31.3 Å². The summed E-state index contributed by atoms with van der Waals surface area (Å²) in [5.41, 5.74) is 4.19. The molecular formula is C25H33N3O4S. The number of amides is 1. The molecule has 2 aromatic rings. The number of rotatable bonds is 7. The number of carbonyl (C=O) groups is 1. The van der Waals surface area contributed by atoms with Gasteiger partial charge in [0.1, 0.15) is 12.3 Å². The van der Waals surface area contributed by atoms with Crippen LogP contribution in [-0.2, 0) is 14.8 Å². The molecule has 1 aliphatic rings. The predicted molar refractivity (Wildman–Crippen MR) is 131 cm³/mol. The molecule has 1 saturated carbocycles. The Bertz CT molecular complexity index is 1060. The fourth-order valence-corrected chi connectivity index (χ4v) is 5.44. The van der Waals surface area contributed by atoms with E-state index in [1.54, 1.807) is 42.5 Å². The van der Waals surface area contributed by atoms with Gasteiger partial charge < -0.3 is 4.74 Å². The van der Waals surface area contributed by atoms with Crippen molar-refractivity contribution in [2.75, 3.05) is 18.0 Å². The zero-order chi connectivity index (χ0) is 24.1. The molecule has 0 heterocycles.